The van der Waals surface area contributed by atoms with Gasteiger partial charge in [0.15, 0.2) is 0 Å². The Hall–Kier alpha value is -2.12. The van der Waals surface area contributed by atoms with Crippen molar-refractivity contribution in [2.45, 2.75) is 25.9 Å². The van der Waals surface area contributed by atoms with Crippen LogP contribution < -0.4 is 4.74 Å². The van der Waals surface area contributed by atoms with E-state index < -0.39 is 0 Å². The number of benzene rings is 1. The minimum atomic E-state index is 0.109. The van der Waals surface area contributed by atoms with Crippen LogP contribution in [0.15, 0.2) is 24.3 Å². The fraction of sp³-hybridized carbons (Fsp3) is 0.619. The Morgan fingerprint density at radius 1 is 1.04 bits per heavy atom. The van der Waals surface area contributed by atoms with Gasteiger partial charge < -0.3 is 19.3 Å². The summed E-state index contributed by atoms with van der Waals surface area (Å²) >= 11 is 0. The number of morpholine rings is 1. The lowest BCUT2D eigenvalue weighted by atomic mass is 10.1. The highest BCUT2D eigenvalue weighted by Gasteiger charge is 2.26. The maximum absolute atomic E-state index is 12.5. The quantitative estimate of drug-likeness (QED) is 0.727. The lowest BCUT2D eigenvalue weighted by Crippen LogP contribution is -2.53. The van der Waals surface area contributed by atoms with Crippen LogP contribution in [0.2, 0.25) is 0 Å². The Labute approximate surface area is 167 Å². The molecular weight excluding hydrogens is 358 g/mol. The smallest absolute Gasteiger partial charge is 0.236 e. The minimum Gasteiger partial charge on any atom is -0.497 e. The van der Waals surface area contributed by atoms with Crippen LogP contribution in [0.3, 0.4) is 0 Å². The topological polar surface area (TPSA) is 62.3 Å². The van der Waals surface area contributed by atoms with Gasteiger partial charge in [0, 0.05) is 45.7 Å². The Kier molecular flexibility index (Phi) is 7.28. The third-order valence-electron chi connectivity index (χ3n) is 5.46. The second-order valence-corrected chi connectivity index (χ2v) is 7.53. The van der Waals surface area contributed by atoms with Crippen LogP contribution in [0, 0.1) is 0 Å². The summed E-state index contributed by atoms with van der Waals surface area (Å²) in [6, 6.07) is 7.85. The Balaban J connectivity index is 1.38. The van der Waals surface area contributed by atoms with Crippen molar-refractivity contribution in [2.75, 3.05) is 59.5 Å². The van der Waals surface area contributed by atoms with Crippen molar-refractivity contribution in [3.05, 3.63) is 29.8 Å². The number of piperazine rings is 1. The maximum atomic E-state index is 12.5. The molecule has 1 unspecified atom stereocenters. The van der Waals surface area contributed by atoms with Crippen LogP contribution in [0.4, 0.5) is 0 Å². The molecule has 0 saturated carbocycles. The van der Waals surface area contributed by atoms with Gasteiger partial charge in [-0.3, -0.25) is 14.5 Å². The molecule has 2 aliphatic rings. The van der Waals surface area contributed by atoms with Gasteiger partial charge in [0.2, 0.25) is 11.8 Å². The molecule has 2 fully saturated rings. The largest absolute Gasteiger partial charge is 0.497 e. The first-order valence-electron chi connectivity index (χ1n) is 10.1. The second kappa shape index (κ2) is 9.89. The van der Waals surface area contributed by atoms with Crippen molar-refractivity contribution in [1.82, 2.24) is 14.7 Å². The number of nitrogens with zero attached hydrogens (tertiary/aromatic N) is 3. The first kappa shape index (κ1) is 20.6. The first-order chi connectivity index (χ1) is 13.5. The number of ether oxygens (including phenoxy) is 2. The molecule has 154 valence electrons. The molecule has 7 nitrogen and oxygen atoms in total. The van der Waals surface area contributed by atoms with Crippen LogP contribution in [-0.2, 0) is 20.7 Å². The van der Waals surface area contributed by atoms with E-state index in [9.17, 15) is 9.59 Å². The van der Waals surface area contributed by atoms with Crippen LogP contribution >= 0.6 is 0 Å². The highest BCUT2D eigenvalue weighted by atomic mass is 16.5. The average molecular weight is 389 g/mol. The monoisotopic (exact) mass is 389 g/mol. The molecule has 1 aromatic carbocycles. The molecule has 28 heavy (non-hydrogen) atoms. The van der Waals surface area contributed by atoms with Crippen molar-refractivity contribution in [3.63, 3.8) is 0 Å². The standard InChI is InChI=1S/C21H31N3O4/c1-17-15-24(13-14-28-17)21(26)16-22-9-11-23(12-10-22)20(25)8-5-18-3-6-19(27-2)7-4-18/h3-4,6-7,17H,5,8-16H2,1-2H3. The molecule has 0 bridgehead atoms. The van der Waals surface area contributed by atoms with Gasteiger partial charge in [0.1, 0.15) is 5.75 Å². The van der Waals surface area contributed by atoms with Crippen LogP contribution in [0.1, 0.15) is 18.9 Å². The molecular formula is C21H31N3O4. The molecule has 2 heterocycles. The van der Waals surface area contributed by atoms with Gasteiger partial charge in [-0.25, -0.2) is 0 Å². The number of methoxy groups -OCH3 is 1. The molecule has 0 spiro atoms. The van der Waals surface area contributed by atoms with Crippen molar-refractivity contribution in [3.8, 4) is 5.75 Å². The molecule has 3 rings (SSSR count). The number of aryl methyl sites for hydroxylation is 1. The van der Waals surface area contributed by atoms with Crippen LogP contribution in [0.25, 0.3) is 0 Å². The minimum absolute atomic E-state index is 0.109. The molecule has 0 N–H and O–H groups in total. The van der Waals surface area contributed by atoms with E-state index in [0.29, 0.717) is 45.8 Å². The SMILES string of the molecule is COc1ccc(CCC(=O)N2CCN(CC(=O)N3CCOC(C)C3)CC2)cc1. The first-order valence-corrected chi connectivity index (χ1v) is 10.1. The number of amides is 2. The molecule has 2 amide bonds. The van der Waals surface area contributed by atoms with E-state index in [1.807, 2.05) is 41.0 Å². The molecule has 7 heteroatoms. The van der Waals surface area contributed by atoms with E-state index >= 15 is 0 Å². The molecule has 0 aromatic heterocycles. The predicted molar refractivity (Wildman–Crippen MR) is 106 cm³/mol. The summed E-state index contributed by atoms with van der Waals surface area (Å²) in [4.78, 5) is 30.9. The molecule has 1 atom stereocenters. The van der Waals surface area contributed by atoms with E-state index in [0.717, 1.165) is 30.8 Å². The molecule has 1 aromatic rings. The molecule has 0 aliphatic carbocycles. The number of carbonyl (C=O) groups is 2. The van der Waals surface area contributed by atoms with E-state index in [2.05, 4.69) is 4.90 Å². The molecule has 2 saturated heterocycles. The van der Waals surface area contributed by atoms with Gasteiger partial charge in [0.05, 0.1) is 26.4 Å². The van der Waals surface area contributed by atoms with E-state index in [1.165, 1.54) is 0 Å². The fourth-order valence-corrected chi connectivity index (χ4v) is 3.69. The van der Waals surface area contributed by atoms with Gasteiger partial charge in [-0.2, -0.15) is 0 Å². The van der Waals surface area contributed by atoms with Gasteiger partial charge in [-0.1, -0.05) is 12.1 Å². The summed E-state index contributed by atoms with van der Waals surface area (Å²) in [5.41, 5.74) is 1.14. The predicted octanol–water partition coefficient (Wildman–Crippen LogP) is 1.02. The van der Waals surface area contributed by atoms with Crippen molar-refractivity contribution in [2.24, 2.45) is 0 Å². The number of hydrogen-bond donors (Lipinski definition) is 0. The van der Waals surface area contributed by atoms with Crippen LogP contribution in [-0.4, -0.2) is 92.1 Å². The highest BCUT2D eigenvalue weighted by Crippen LogP contribution is 2.14. The lowest BCUT2D eigenvalue weighted by Gasteiger charge is -2.37. The Morgan fingerprint density at radius 3 is 2.39 bits per heavy atom. The van der Waals surface area contributed by atoms with Crippen molar-refractivity contribution >= 4 is 11.8 Å². The Morgan fingerprint density at radius 2 is 1.75 bits per heavy atom. The van der Waals surface area contributed by atoms with Gasteiger partial charge in [-0.05, 0) is 31.0 Å². The highest BCUT2D eigenvalue weighted by molar-refractivity contribution is 5.79. The van der Waals surface area contributed by atoms with Gasteiger partial charge in [0.25, 0.3) is 0 Å². The van der Waals surface area contributed by atoms with E-state index in [4.69, 9.17) is 9.47 Å². The summed E-state index contributed by atoms with van der Waals surface area (Å²) in [7, 11) is 1.65. The molecule has 0 radical (unpaired) electrons. The summed E-state index contributed by atoms with van der Waals surface area (Å²) in [6.07, 6.45) is 1.35. The maximum Gasteiger partial charge on any atom is 0.236 e. The van der Waals surface area contributed by atoms with E-state index in [-0.39, 0.29) is 17.9 Å². The third-order valence-corrected chi connectivity index (χ3v) is 5.46. The average Bonchev–Trinajstić information content (AvgIpc) is 2.73. The summed E-state index contributed by atoms with van der Waals surface area (Å²) in [5.74, 6) is 1.17. The van der Waals surface area contributed by atoms with Gasteiger partial charge >= 0.3 is 0 Å². The summed E-state index contributed by atoms with van der Waals surface area (Å²) in [5, 5.41) is 0. The Bertz CT molecular complexity index is 656. The summed E-state index contributed by atoms with van der Waals surface area (Å²) < 4.78 is 10.7. The van der Waals surface area contributed by atoms with Crippen LogP contribution in [0.5, 0.6) is 5.75 Å². The fourth-order valence-electron chi connectivity index (χ4n) is 3.69. The zero-order chi connectivity index (χ0) is 19.9. The lowest BCUT2D eigenvalue weighted by molar-refractivity contribution is -0.140. The van der Waals surface area contributed by atoms with E-state index in [1.54, 1.807) is 7.11 Å². The zero-order valence-electron chi connectivity index (χ0n) is 16.9. The number of rotatable bonds is 6. The number of carbonyl (C=O) groups excluding carboxylic acids is 2. The van der Waals surface area contributed by atoms with Crippen molar-refractivity contribution in [1.29, 1.82) is 0 Å². The zero-order valence-corrected chi connectivity index (χ0v) is 16.9. The molecule has 2 aliphatic heterocycles. The van der Waals surface area contributed by atoms with Crippen molar-refractivity contribution < 1.29 is 19.1 Å². The number of hydrogen-bond acceptors (Lipinski definition) is 5. The van der Waals surface area contributed by atoms with Gasteiger partial charge in [-0.15, -0.1) is 0 Å². The second-order valence-electron chi connectivity index (χ2n) is 7.53. The summed E-state index contributed by atoms with van der Waals surface area (Å²) in [6.45, 7) is 7.26. The third kappa shape index (κ3) is 5.69. The normalized spacial score (nSPS) is 20.9.